The van der Waals surface area contributed by atoms with Gasteiger partial charge in [-0.25, -0.2) is 13.1 Å². The van der Waals surface area contributed by atoms with E-state index in [4.69, 9.17) is 5.73 Å². The third-order valence-electron chi connectivity index (χ3n) is 4.29. The van der Waals surface area contributed by atoms with E-state index in [1.165, 1.54) is 12.1 Å². The molecule has 0 spiro atoms. The van der Waals surface area contributed by atoms with Gasteiger partial charge in [-0.3, -0.25) is 9.59 Å². The molecule has 0 aliphatic heterocycles. The molecule has 2 aliphatic rings. The summed E-state index contributed by atoms with van der Waals surface area (Å²) in [6.45, 7) is 0. The highest BCUT2D eigenvalue weighted by atomic mass is 32.2. The van der Waals surface area contributed by atoms with Crippen LogP contribution in [-0.2, 0) is 14.8 Å². The van der Waals surface area contributed by atoms with Crippen molar-refractivity contribution in [2.45, 2.75) is 36.5 Å². The maximum atomic E-state index is 12.2. The fourth-order valence-corrected chi connectivity index (χ4v) is 3.97. The Kier molecular flexibility index (Phi) is 4.97. The van der Waals surface area contributed by atoms with Crippen molar-refractivity contribution in [1.29, 1.82) is 0 Å². The predicted octanol–water partition coefficient (Wildman–Crippen LogP) is 1.45. The van der Waals surface area contributed by atoms with E-state index in [-0.39, 0.29) is 17.9 Å². The van der Waals surface area contributed by atoms with Crippen LogP contribution in [0, 0.1) is 0 Å². The number of carbonyl (C=O) groups is 2. The zero-order valence-electron chi connectivity index (χ0n) is 14.1. The van der Waals surface area contributed by atoms with Crippen molar-refractivity contribution in [3.05, 3.63) is 54.1 Å². The Bertz CT molecular complexity index is 870. The highest BCUT2D eigenvalue weighted by Crippen LogP contribution is 2.27. The van der Waals surface area contributed by atoms with Gasteiger partial charge in [-0.05, 0) is 43.5 Å². The van der Waals surface area contributed by atoms with Crippen molar-refractivity contribution in [3.63, 3.8) is 0 Å². The minimum Gasteiger partial charge on any atom is -0.326 e. The Morgan fingerprint density at radius 2 is 1.85 bits per heavy atom. The number of sulfonamides is 1. The predicted molar refractivity (Wildman–Crippen MR) is 98.9 cm³/mol. The van der Waals surface area contributed by atoms with Gasteiger partial charge in [0.05, 0.1) is 5.25 Å². The largest absolute Gasteiger partial charge is 0.326 e. The van der Waals surface area contributed by atoms with Crippen molar-refractivity contribution in [3.8, 4) is 0 Å². The molecule has 26 heavy (non-hydrogen) atoms. The lowest BCUT2D eigenvalue weighted by Crippen LogP contribution is -2.41. The van der Waals surface area contributed by atoms with Crippen LogP contribution in [0.15, 0.2) is 48.6 Å². The van der Waals surface area contributed by atoms with Gasteiger partial charge in [0.2, 0.25) is 15.9 Å². The van der Waals surface area contributed by atoms with Crippen LogP contribution in [0.4, 0.5) is 5.69 Å². The molecule has 1 atom stereocenters. The van der Waals surface area contributed by atoms with E-state index >= 15 is 0 Å². The molecule has 1 aromatic rings. The summed E-state index contributed by atoms with van der Waals surface area (Å²) >= 11 is 0. The molecular formula is C18H21N3O4S. The number of hydrogen-bond acceptors (Lipinski definition) is 5. The molecule has 3 rings (SSSR count). The lowest BCUT2D eigenvalue weighted by Gasteiger charge is -2.25. The first-order chi connectivity index (χ1) is 12.3. The molecule has 0 aromatic heterocycles. The summed E-state index contributed by atoms with van der Waals surface area (Å²) in [6.07, 6.45) is 9.32. The smallest absolute Gasteiger partial charge is 0.264 e. The number of nitrogens with one attached hydrogen (secondary N) is 2. The second-order valence-electron chi connectivity index (χ2n) is 6.70. The van der Waals surface area contributed by atoms with E-state index in [0.717, 1.165) is 0 Å². The molecule has 8 heteroatoms. The Labute approximate surface area is 152 Å². The standard InChI is InChI=1S/C18H21N3O4S/c19-18(10-2-1-3-11-18)12-16(22)20-14-6-4-13(5-7-14)17(23)21-26(24,25)15-8-9-15/h1-7,10,15H,8-9,11-12,19H2,(H,20,22)(H,21,23)/t18-/m0/s1. The van der Waals surface area contributed by atoms with Crippen LogP contribution in [0.25, 0.3) is 0 Å². The number of allylic oxidation sites excluding steroid dienone is 2. The Balaban J connectivity index is 1.57. The Hall–Kier alpha value is -2.45. The molecule has 1 aromatic carbocycles. The molecule has 4 N–H and O–H groups in total. The highest BCUT2D eigenvalue weighted by Gasteiger charge is 2.37. The van der Waals surface area contributed by atoms with Crippen LogP contribution in [0.5, 0.6) is 0 Å². The monoisotopic (exact) mass is 375 g/mol. The van der Waals surface area contributed by atoms with E-state index in [9.17, 15) is 18.0 Å². The van der Waals surface area contributed by atoms with Gasteiger partial charge in [0.15, 0.2) is 0 Å². The number of amides is 2. The number of nitrogens with two attached hydrogens (primary N) is 1. The summed E-state index contributed by atoms with van der Waals surface area (Å²) in [7, 11) is -3.58. The minimum absolute atomic E-state index is 0.135. The van der Waals surface area contributed by atoms with Gasteiger partial charge in [-0.1, -0.05) is 24.3 Å². The number of benzene rings is 1. The zero-order chi connectivity index (χ0) is 18.8. The maximum Gasteiger partial charge on any atom is 0.264 e. The van der Waals surface area contributed by atoms with Crippen LogP contribution in [0.3, 0.4) is 0 Å². The van der Waals surface area contributed by atoms with E-state index in [1.54, 1.807) is 18.2 Å². The molecule has 0 bridgehead atoms. The van der Waals surface area contributed by atoms with Gasteiger partial charge in [0.25, 0.3) is 5.91 Å². The molecule has 1 saturated carbocycles. The summed E-state index contributed by atoms with van der Waals surface area (Å²) in [4.78, 5) is 24.2. The summed E-state index contributed by atoms with van der Waals surface area (Å²) < 4.78 is 25.7. The second-order valence-corrected chi connectivity index (χ2v) is 8.66. The summed E-state index contributed by atoms with van der Waals surface area (Å²) in [6, 6.07) is 6.04. The number of hydrogen-bond donors (Lipinski definition) is 3. The SMILES string of the molecule is N[C@@]1(CC(=O)Nc2ccc(C(=O)NS(=O)(=O)C3CC3)cc2)C=CC=CC1. The normalized spacial score (nSPS) is 22.0. The lowest BCUT2D eigenvalue weighted by molar-refractivity contribution is -0.117. The van der Waals surface area contributed by atoms with Crippen molar-refractivity contribution >= 4 is 27.5 Å². The maximum absolute atomic E-state index is 12.2. The van der Waals surface area contributed by atoms with Crippen molar-refractivity contribution in [1.82, 2.24) is 4.72 Å². The second kappa shape index (κ2) is 7.05. The average molecular weight is 375 g/mol. The van der Waals surface area contributed by atoms with Crippen molar-refractivity contribution < 1.29 is 18.0 Å². The molecular weight excluding hydrogens is 354 g/mol. The Morgan fingerprint density at radius 1 is 1.15 bits per heavy atom. The van der Waals surface area contributed by atoms with Crippen LogP contribution >= 0.6 is 0 Å². The number of rotatable bonds is 6. The van der Waals surface area contributed by atoms with Gasteiger partial charge in [0.1, 0.15) is 0 Å². The first-order valence-corrected chi connectivity index (χ1v) is 9.91. The molecule has 138 valence electrons. The minimum atomic E-state index is -3.58. The quantitative estimate of drug-likeness (QED) is 0.695. The van der Waals surface area contributed by atoms with E-state index in [1.807, 2.05) is 18.2 Å². The van der Waals surface area contributed by atoms with Gasteiger partial charge in [-0.15, -0.1) is 0 Å². The van der Waals surface area contributed by atoms with Crippen LogP contribution < -0.4 is 15.8 Å². The highest BCUT2D eigenvalue weighted by molar-refractivity contribution is 7.91. The average Bonchev–Trinajstić information content (AvgIpc) is 3.40. The number of carbonyl (C=O) groups excluding carboxylic acids is 2. The van der Waals surface area contributed by atoms with Gasteiger partial charge < -0.3 is 11.1 Å². The van der Waals surface area contributed by atoms with E-state index in [0.29, 0.717) is 24.9 Å². The summed E-state index contributed by atoms with van der Waals surface area (Å²) in [5.74, 6) is -0.907. The van der Waals surface area contributed by atoms with E-state index in [2.05, 4.69) is 10.0 Å². The zero-order valence-corrected chi connectivity index (χ0v) is 15.0. The fraction of sp³-hybridized carbons (Fsp3) is 0.333. The van der Waals surface area contributed by atoms with E-state index < -0.39 is 26.7 Å². The molecule has 0 unspecified atom stereocenters. The third-order valence-corrected chi connectivity index (χ3v) is 6.11. The fourth-order valence-electron chi connectivity index (χ4n) is 2.67. The Morgan fingerprint density at radius 3 is 2.42 bits per heavy atom. The van der Waals surface area contributed by atoms with Gasteiger partial charge in [0, 0.05) is 23.2 Å². The van der Waals surface area contributed by atoms with Gasteiger partial charge >= 0.3 is 0 Å². The summed E-state index contributed by atoms with van der Waals surface area (Å²) in [5, 5.41) is 2.27. The van der Waals surface area contributed by atoms with Crippen molar-refractivity contribution in [2.24, 2.45) is 5.73 Å². The molecule has 0 heterocycles. The number of anilines is 1. The third kappa shape index (κ3) is 4.59. The molecule has 2 amide bonds. The molecule has 1 fully saturated rings. The summed E-state index contributed by atoms with van der Waals surface area (Å²) in [5.41, 5.74) is 6.18. The topological polar surface area (TPSA) is 118 Å². The van der Waals surface area contributed by atoms with Crippen molar-refractivity contribution in [2.75, 3.05) is 5.32 Å². The lowest BCUT2D eigenvalue weighted by atomic mass is 9.89. The first kappa shape index (κ1) is 18.3. The molecule has 7 nitrogen and oxygen atoms in total. The van der Waals surface area contributed by atoms with Crippen LogP contribution in [0.1, 0.15) is 36.0 Å². The van der Waals surface area contributed by atoms with Crippen LogP contribution in [-0.4, -0.2) is 31.0 Å². The molecule has 2 aliphatic carbocycles. The molecule has 0 saturated heterocycles. The molecule has 0 radical (unpaired) electrons. The van der Waals surface area contributed by atoms with Crippen LogP contribution in [0.2, 0.25) is 0 Å². The first-order valence-electron chi connectivity index (χ1n) is 8.37. The van der Waals surface area contributed by atoms with Gasteiger partial charge in [-0.2, -0.15) is 0 Å².